The second-order valence-electron chi connectivity index (χ2n) is 7.73. The number of carbonyl (C=O) groups excluding carboxylic acids is 2. The Kier molecular flexibility index (Phi) is 7.33. The molecule has 6 heteroatoms. The lowest BCUT2D eigenvalue weighted by Crippen LogP contribution is -2.47. The third-order valence-electron chi connectivity index (χ3n) is 5.64. The van der Waals surface area contributed by atoms with Crippen molar-refractivity contribution in [3.05, 3.63) is 59.2 Å². The highest BCUT2D eigenvalue weighted by atomic mass is 16.5. The van der Waals surface area contributed by atoms with Gasteiger partial charge in [0.25, 0.3) is 5.91 Å². The van der Waals surface area contributed by atoms with Crippen LogP contribution in [0.15, 0.2) is 42.5 Å². The Bertz CT molecular complexity index is 871. The van der Waals surface area contributed by atoms with Gasteiger partial charge in [0.1, 0.15) is 11.5 Å². The van der Waals surface area contributed by atoms with Crippen molar-refractivity contribution in [3.8, 4) is 11.5 Å². The number of carbonyl (C=O) groups is 2. The number of nitrogens with one attached hydrogen (secondary N) is 1. The van der Waals surface area contributed by atoms with Gasteiger partial charge in [-0.15, -0.1) is 0 Å². The number of hydrogen-bond donors (Lipinski definition) is 1. The number of benzene rings is 2. The van der Waals surface area contributed by atoms with E-state index in [2.05, 4.69) is 5.32 Å². The molecule has 1 fully saturated rings. The van der Waals surface area contributed by atoms with E-state index in [-0.39, 0.29) is 24.5 Å². The maximum Gasteiger partial charge on any atom is 0.258 e. The summed E-state index contributed by atoms with van der Waals surface area (Å²) in [5.41, 5.74) is 3.16. The molecule has 1 heterocycles. The van der Waals surface area contributed by atoms with Gasteiger partial charge in [0.15, 0.2) is 6.61 Å². The molecule has 0 bridgehead atoms. The summed E-state index contributed by atoms with van der Waals surface area (Å²) in [6, 6.07) is 13.5. The van der Waals surface area contributed by atoms with Gasteiger partial charge in [0.05, 0.1) is 13.5 Å². The molecule has 3 rings (SSSR count). The summed E-state index contributed by atoms with van der Waals surface area (Å²) in [4.78, 5) is 26.7. The van der Waals surface area contributed by atoms with Crippen molar-refractivity contribution in [2.45, 2.75) is 39.2 Å². The van der Waals surface area contributed by atoms with E-state index in [9.17, 15) is 9.59 Å². The molecule has 2 amide bonds. The number of ether oxygens (including phenoxy) is 2. The number of aryl methyl sites for hydroxylation is 1. The molecule has 0 spiro atoms. The highest BCUT2D eigenvalue weighted by Gasteiger charge is 2.24. The summed E-state index contributed by atoms with van der Waals surface area (Å²) < 4.78 is 10.8. The Balaban J connectivity index is 1.40. The molecule has 6 nitrogen and oxygen atoms in total. The molecule has 1 aliphatic heterocycles. The SMILES string of the molecule is COc1ccc(CC(=O)N2CCC(NC(=O)COc3cccc(C)c3C)CC2)cc1. The lowest BCUT2D eigenvalue weighted by molar-refractivity contribution is -0.131. The van der Waals surface area contributed by atoms with Crippen LogP contribution in [0.5, 0.6) is 11.5 Å². The van der Waals surface area contributed by atoms with Gasteiger partial charge in [-0.1, -0.05) is 24.3 Å². The number of rotatable bonds is 7. The molecule has 2 aromatic carbocycles. The number of methoxy groups -OCH3 is 1. The van der Waals surface area contributed by atoms with E-state index in [0.717, 1.165) is 41.0 Å². The van der Waals surface area contributed by atoms with Gasteiger partial charge >= 0.3 is 0 Å². The summed E-state index contributed by atoms with van der Waals surface area (Å²) in [5, 5.41) is 3.03. The molecule has 30 heavy (non-hydrogen) atoms. The molecular weight excluding hydrogens is 380 g/mol. The van der Waals surface area contributed by atoms with Crippen LogP contribution < -0.4 is 14.8 Å². The molecule has 1 aliphatic rings. The standard InChI is InChI=1S/C24H30N2O4/c1-17-5-4-6-22(18(17)2)30-16-23(27)25-20-11-13-26(14-12-20)24(28)15-19-7-9-21(29-3)10-8-19/h4-10,20H,11-16H2,1-3H3,(H,25,27). The van der Waals surface area contributed by atoms with E-state index in [1.807, 2.05) is 61.2 Å². The van der Waals surface area contributed by atoms with Crippen LogP contribution in [0.4, 0.5) is 0 Å². The Morgan fingerprint density at radius 3 is 2.43 bits per heavy atom. The molecule has 0 aliphatic carbocycles. The van der Waals surface area contributed by atoms with Crippen molar-refractivity contribution in [3.63, 3.8) is 0 Å². The summed E-state index contributed by atoms with van der Waals surface area (Å²) in [6.07, 6.45) is 1.89. The van der Waals surface area contributed by atoms with Crippen LogP contribution in [0, 0.1) is 13.8 Å². The second-order valence-corrected chi connectivity index (χ2v) is 7.73. The lowest BCUT2D eigenvalue weighted by Gasteiger charge is -2.32. The van der Waals surface area contributed by atoms with Gasteiger partial charge in [-0.25, -0.2) is 0 Å². The fourth-order valence-corrected chi connectivity index (χ4v) is 3.60. The van der Waals surface area contributed by atoms with Crippen LogP contribution in [-0.2, 0) is 16.0 Å². The molecule has 0 atom stereocenters. The quantitative estimate of drug-likeness (QED) is 0.762. The van der Waals surface area contributed by atoms with Crippen LogP contribution in [0.1, 0.15) is 29.5 Å². The van der Waals surface area contributed by atoms with Gasteiger partial charge < -0.3 is 19.7 Å². The fraction of sp³-hybridized carbons (Fsp3) is 0.417. The number of likely N-dealkylation sites (tertiary alicyclic amines) is 1. The Morgan fingerprint density at radius 2 is 1.77 bits per heavy atom. The largest absolute Gasteiger partial charge is 0.497 e. The van der Waals surface area contributed by atoms with Crippen LogP contribution in [-0.4, -0.2) is 49.6 Å². The normalized spacial score (nSPS) is 14.3. The molecule has 1 saturated heterocycles. The number of amides is 2. The van der Waals surface area contributed by atoms with Gasteiger partial charge in [0, 0.05) is 19.1 Å². The maximum absolute atomic E-state index is 12.6. The highest BCUT2D eigenvalue weighted by Crippen LogP contribution is 2.20. The average Bonchev–Trinajstić information content (AvgIpc) is 2.76. The average molecular weight is 411 g/mol. The number of hydrogen-bond acceptors (Lipinski definition) is 4. The van der Waals surface area contributed by atoms with Gasteiger partial charge in [-0.3, -0.25) is 9.59 Å². The Hall–Kier alpha value is -3.02. The molecule has 160 valence electrons. The molecule has 0 unspecified atom stereocenters. The first-order valence-corrected chi connectivity index (χ1v) is 10.4. The molecule has 0 aromatic heterocycles. The number of piperidine rings is 1. The molecule has 0 radical (unpaired) electrons. The zero-order chi connectivity index (χ0) is 21.5. The van der Waals surface area contributed by atoms with Crippen molar-refractivity contribution >= 4 is 11.8 Å². The monoisotopic (exact) mass is 410 g/mol. The Labute approximate surface area is 178 Å². The van der Waals surface area contributed by atoms with E-state index in [1.54, 1.807) is 7.11 Å². The van der Waals surface area contributed by atoms with E-state index in [1.165, 1.54) is 0 Å². The fourth-order valence-electron chi connectivity index (χ4n) is 3.60. The van der Waals surface area contributed by atoms with Crippen molar-refractivity contribution in [2.75, 3.05) is 26.8 Å². The zero-order valence-electron chi connectivity index (χ0n) is 17.9. The van der Waals surface area contributed by atoms with Crippen molar-refractivity contribution in [1.29, 1.82) is 0 Å². The molecule has 1 N–H and O–H groups in total. The molecule has 2 aromatic rings. The Morgan fingerprint density at radius 1 is 1.07 bits per heavy atom. The first kappa shape index (κ1) is 21.7. The third kappa shape index (κ3) is 5.75. The topological polar surface area (TPSA) is 67.9 Å². The first-order chi connectivity index (χ1) is 14.5. The molecule has 0 saturated carbocycles. The predicted octanol–water partition coefficient (Wildman–Crippen LogP) is 3.04. The second kappa shape index (κ2) is 10.1. The summed E-state index contributed by atoms with van der Waals surface area (Å²) >= 11 is 0. The highest BCUT2D eigenvalue weighted by molar-refractivity contribution is 5.79. The van der Waals surface area contributed by atoms with Crippen LogP contribution in [0.3, 0.4) is 0 Å². The van der Waals surface area contributed by atoms with E-state index < -0.39 is 0 Å². The number of nitrogens with zero attached hydrogens (tertiary/aromatic N) is 1. The lowest BCUT2D eigenvalue weighted by atomic mass is 10.0. The summed E-state index contributed by atoms with van der Waals surface area (Å²) in [7, 11) is 1.62. The smallest absolute Gasteiger partial charge is 0.258 e. The third-order valence-corrected chi connectivity index (χ3v) is 5.64. The maximum atomic E-state index is 12.6. The van der Waals surface area contributed by atoms with E-state index in [0.29, 0.717) is 19.5 Å². The van der Waals surface area contributed by atoms with Gasteiger partial charge in [-0.05, 0) is 61.6 Å². The molecular formula is C24H30N2O4. The first-order valence-electron chi connectivity index (χ1n) is 10.4. The summed E-state index contributed by atoms with van der Waals surface area (Å²) in [6.45, 7) is 5.31. The summed E-state index contributed by atoms with van der Waals surface area (Å²) in [5.74, 6) is 1.51. The van der Waals surface area contributed by atoms with Gasteiger partial charge in [0.2, 0.25) is 5.91 Å². The zero-order valence-corrected chi connectivity index (χ0v) is 17.9. The minimum absolute atomic E-state index is 0.000901. The van der Waals surface area contributed by atoms with Crippen molar-refractivity contribution in [1.82, 2.24) is 10.2 Å². The van der Waals surface area contributed by atoms with Crippen LogP contribution >= 0.6 is 0 Å². The van der Waals surface area contributed by atoms with Crippen LogP contribution in [0.25, 0.3) is 0 Å². The van der Waals surface area contributed by atoms with Crippen molar-refractivity contribution < 1.29 is 19.1 Å². The van der Waals surface area contributed by atoms with Crippen molar-refractivity contribution in [2.24, 2.45) is 0 Å². The minimum atomic E-state index is -0.126. The van der Waals surface area contributed by atoms with E-state index >= 15 is 0 Å². The predicted molar refractivity (Wildman–Crippen MR) is 116 cm³/mol. The van der Waals surface area contributed by atoms with E-state index in [4.69, 9.17) is 9.47 Å². The minimum Gasteiger partial charge on any atom is -0.497 e. The van der Waals surface area contributed by atoms with Crippen LogP contribution in [0.2, 0.25) is 0 Å². The van der Waals surface area contributed by atoms with Gasteiger partial charge in [-0.2, -0.15) is 0 Å².